The lowest BCUT2D eigenvalue weighted by atomic mass is 10.0. The van der Waals surface area contributed by atoms with E-state index in [1.807, 2.05) is 36.4 Å². The Morgan fingerprint density at radius 1 is 0.975 bits per heavy atom. The van der Waals surface area contributed by atoms with Crippen molar-refractivity contribution in [2.75, 3.05) is 70.8 Å². The quantitative estimate of drug-likeness (QED) is 0.387. The van der Waals surface area contributed by atoms with Gasteiger partial charge < -0.3 is 30.0 Å². The maximum absolute atomic E-state index is 6.34. The van der Waals surface area contributed by atoms with Crippen LogP contribution in [0.5, 0.6) is 11.5 Å². The third-order valence-corrected chi connectivity index (χ3v) is 7.86. The molecule has 1 aromatic heterocycles. The molecule has 10 heteroatoms. The first-order valence-electron chi connectivity index (χ1n) is 14.1. The molecule has 0 amide bonds. The van der Waals surface area contributed by atoms with Gasteiger partial charge in [-0.3, -0.25) is 9.80 Å². The Kier molecular flexibility index (Phi) is 8.29. The molecule has 0 atom stereocenters. The molecule has 3 saturated heterocycles. The van der Waals surface area contributed by atoms with Crippen LogP contribution >= 0.6 is 0 Å². The number of hydrogen-bond donors (Lipinski definition) is 2. The number of nitrogens with zero attached hydrogens (tertiary/aromatic N) is 4. The summed E-state index contributed by atoms with van der Waals surface area (Å²) in [5.74, 6) is 2.05. The van der Waals surface area contributed by atoms with E-state index in [4.69, 9.17) is 29.7 Å². The Labute approximate surface area is 235 Å². The molecule has 0 radical (unpaired) electrons. The lowest BCUT2D eigenvalue weighted by Crippen LogP contribution is -2.60. The van der Waals surface area contributed by atoms with Crippen molar-refractivity contribution in [3.05, 3.63) is 54.2 Å². The molecule has 0 spiro atoms. The first-order valence-corrected chi connectivity index (χ1v) is 14.1. The minimum Gasteiger partial charge on any atom is -0.496 e. The second kappa shape index (κ2) is 12.4. The van der Waals surface area contributed by atoms with Gasteiger partial charge in [-0.2, -0.15) is 0 Å². The molecule has 0 saturated carbocycles. The predicted molar refractivity (Wildman–Crippen MR) is 154 cm³/mol. The standard InChI is InChI=1S/C30H38N6O4/c1-37-29-17-23(4-2-22(29)18-35-19-24(20-35)36-10-14-39-15-11-36)33-30-32-9-6-27(34-30)21-3-5-28(26(31)16-21)40-25-7-12-38-13-8-25/h2-6,9,16-17,24-25H,7-8,10-15,18-20,31H2,1H3,(H,32,33,34). The normalized spacial score (nSPS) is 19.2. The summed E-state index contributed by atoms with van der Waals surface area (Å²) in [6.45, 7) is 8.24. The van der Waals surface area contributed by atoms with E-state index < -0.39 is 0 Å². The molecule has 3 aliphatic heterocycles. The Hall–Kier alpha value is -3.44. The zero-order valence-electron chi connectivity index (χ0n) is 23.1. The molecule has 3 aliphatic rings. The van der Waals surface area contributed by atoms with E-state index in [1.54, 1.807) is 13.3 Å². The van der Waals surface area contributed by atoms with Gasteiger partial charge in [-0.15, -0.1) is 0 Å². The fraction of sp³-hybridized carbons (Fsp3) is 0.467. The summed E-state index contributed by atoms with van der Waals surface area (Å²) in [7, 11) is 1.71. The Balaban J connectivity index is 1.08. The van der Waals surface area contributed by atoms with E-state index in [-0.39, 0.29) is 6.10 Å². The number of hydrogen-bond acceptors (Lipinski definition) is 10. The minimum atomic E-state index is 0.137. The van der Waals surface area contributed by atoms with E-state index in [9.17, 15) is 0 Å². The van der Waals surface area contributed by atoms with Crippen molar-refractivity contribution in [1.82, 2.24) is 19.8 Å². The third kappa shape index (κ3) is 6.31. The molecule has 3 fully saturated rings. The van der Waals surface area contributed by atoms with Crippen LogP contribution in [0.4, 0.5) is 17.3 Å². The summed E-state index contributed by atoms with van der Waals surface area (Å²) >= 11 is 0. The second-order valence-electron chi connectivity index (χ2n) is 10.6. The van der Waals surface area contributed by atoms with E-state index in [0.29, 0.717) is 23.4 Å². The van der Waals surface area contributed by atoms with Crippen LogP contribution in [0.2, 0.25) is 0 Å². The molecule has 6 rings (SSSR count). The van der Waals surface area contributed by atoms with Crippen LogP contribution in [0.25, 0.3) is 11.3 Å². The van der Waals surface area contributed by atoms with Crippen LogP contribution in [-0.2, 0) is 16.0 Å². The van der Waals surface area contributed by atoms with Gasteiger partial charge in [0.05, 0.1) is 44.9 Å². The Morgan fingerprint density at radius 2 is 1.77 bits per heavy atom. The van der Waals surface area contributed by atoms with Crippen molar-refractivity contribution in [3.63, 3.8) is 0 Å². The zero-order valence-corrected chi connectivity index (χ0v) is 23.1. The molecular formula is C30H38N6O4. The van der Waals surface area contributed by atoms with E-state index >= 15 is 0 Å². The van der Waals surface area contributed by atoms with Crippen LogP contribution in [0.15, 0.2) is 48.7 Å². The van der Waals surface area contributed by atoms with E-state index in [1.165, 1.54) is 5.56 Å². The van der Waals surface area contributed by atoms with Gasteiger partial charge in [0.1, 0.15) is 17.6 Å². The van der Waals surface area contributed by atoms with Gasteiger partial charge in [0, 0.05) is 80.7 Å². The topological polar surface area (TPSA) is 107 Å². The molecule has 4 heterocycles. The van der Waals surface area contributed by atoms with Crippen LogP contribution in [0.1, 0.15) is 18.4 Å². The van der Waals surface area contributed by atoms with Gasteiger partial charge in [0.15, 0.2) is 0 Å². The first-order chi connectivity index (χ1) is 19.6. The summed E-state index contributed by atoms with van der Waals surface area (Å²) in [6.07, 6.45) is 3.63. The van der Waals surface area contributed by atoms with E-state index in [2.05, 4.69) is 26.2 Å². The molecule has 3 aromatic rings. The lowest BCUT2D eigenvalue weighted by molar-refractivity contribution is -0.0345. The van der Waals surface area contributed by atoms with Crippen LogP contribution < -0.4 is 20.5 Å². The SMILES string of the molecule is COc1cc(Nc2nccc(-c3ccc(OC4CCOCC4)c(N)c3)n2)ccc1CN1CC(N2CCOCC2)C1. The zero-order chi connectivity index (χ0) is 27.3. The van der Waals surface area contributed by atoms with Gasteiger partial charge in [0.25, 0.3) is 0 Å². The van der Waals surface area contributed by atoms with Crippen molar-refractivity contribution in [1.29, 1.82) is 0 Å². The number of methoxy groups -OCH3 is 1. The van der Waals surface area contributed by atoms with Gasteiger partial charge in [-0.05, 0) is 30.3 Å². The van der Waals surface area contributed by atoms with Gasteiger partial charge in [-0.25, -0.2) is 9.97 Å². The summed E-state index contributed by atoms with van der Waals surface area (Å²) in [5.41, 5.74) is 10.6. The number of nitrogens with one attached hydrogen (secondary N) is 1. The number of morpholine rings is 1. The van der Waals surface area contributed by atoms with Crippen molar-refractivity contribution in [2.24, 2.45) is 0 Å². The summed E-state index contributed by atoms with van der Waals surface area (Å²) in [6, 6.07) is 14.5. The van der Waals surface area contributed by atoms with Crippen molar-refractivity contribution in [2.45, 2.75) is 31.5 Å². The molecule has 0 bridgehead atoms. The monoisotopic (exact) mass is 546 g/mol. The molecule has 40 heavy (non-hydrogen) atoms. The number of ether oxygens (including phenoxy) is 4. The fourth-order valence-electron chi connectivity index (χ4n) is 5.54. The van der Waals surface area contributed by atoms with E-state index in [0.717, 1.165) is 94.7 Å². The molecule has 212 valence electrons. The van der Waals surface area contributed by atoms with Crippen molar-refractivity contribution in [3.8, 4) is 22.8 Å². The highest BCUT2D eigenvalue weighted by Crippen LogP contribution is 2.31. The number of benzene rings is 2. The summed E-state index contributed by atoms with van der Waals surface area (Å²) < 4.78 is 22.8. The average molecular weight is 547 g/mol. The van der Waals surface area contributed by atoms with Crippen molar-refractivity contribution >= 4 is 17.3 Å². The van der Waals surface area contributed by atoms with Gasteiger partial charge >= 0.3 is 0 Å². The highest BCUT2D eigenvalue weighted by molar-refractivity contribution is 5.69. The number of likely N-dealkylation sites (tertiary alicyclic amines) is 1. The number of anilines is 3. The number of aromatic nitrogens is 2. The molecule has 0 aliphatic carbocycles. The highest BCUT2D eigenvalue weighted by Gasteiger charge is 2.32. The van der Waals surface area contributed by atoms with Crippen LogP contribution in [-0.4, -0.2) is 91.6 Å². The number of nitrogen functional groups attached to an aromatic ring is 1. The van der Waals surface area contributed by atoms with Crippen molar-refractivity contribution < 1.29 is 18.9 Å². The molecule has 3 N–H and O–H groups in total. The fourth-order valence-corrected chi connectivity index (χ4v) is 5.54. The summed E-state index contributed by atoms with van der Waals surface area (Å²) in [5, 5.41) is 3.33. The Bertz CT molecular complexity index is 1290. The lowest BCUT2D eigenvalue weighted by Gasteiger charge is -2.46. The van der Waals surface area contributed by atoms with Crippen LogP contribution in [0, 0.1) is 0 Å². The maximum atomic E-state index is 6.34. The minimum absolute atomic E-state index is 0.137. The number of rotatable bonds is 9. The van der Waals surface area contributed by atoms with Crippen LogP contribution in [0.3, 0.4) is 0 Å². The Morgan fingerprint density at radius 3 is 2.55 bits per heavy atom. The van der Waals surface area contributed by atoms with Gasteiger partial charge in [-0.1, -0.05) is 6.07 Å². The molecular weight excluding hydrogens is 508 g/mol. The smallest absolute Gasteiger partial charge is 0.227 e. The molecule has 10 nitrogen and oxygen atoms in total. The molecule has 2 aromatic carbocycles. The molecule has 0 unspecified atom stereocenters. The van der Waals surface area contributed by atoms with Gasteiger partial charge in [0.2, 0.25) is 5.95 Å². The highest BCUT2D eigenvalue weighted by atomic mass is 16.5. The number of nitrogens with two attached hydrogens (primary N) is 1. The largest absolute Gasteiger partial charge is 0.496 e. The predicted octanol–water partition coefficient (Wildman–Crippen LogP) is 3.55. The second-order valence-corrected chi connectivity index (χ2v) is 10.6. The summed E-state index contributed by atoms with van der Waals surface area (Å²) in [4.78, 5) is 14.2. The third-order valence-electron chi connectivity index (χ3n) is 7.86. The maximum Gasteiger partial charge on any atom is 0.227 e. The first kappa shape index (κ1) is 26.8. The average Bonchev–Trinajstić information content (AvgIpc) is 2.97.